The van der Waals surface area contributed by atoms with Crippen LogP contribution in [-0.2, 0) is 32.4 Å². The molecule has 1 unspecified atom stereocenters. The second-order valence-corrected chi connectivity index (χ2v) is 7.50. The Kier molecular flexibility index (Phi) is 4.82. The molecule has 0 fully saturated rings. The van der Waals surface area contributed by atoms with E-state index in [-0.39, 0.29) is 0 Å². The summed E-state index contributed by atoms with van der Waals surface area (Å²) in [6.45, 7) is 10.1. The van der Waals surface area contributed by atoms with Crippen LogP contribution in [0.1, 0.15) is 43.2 Å². The molecule has 0 N–H and O–H groups in total. The lowest BCUT2D eigenvalue weighted by Gasteiger charge is -2.33. The van der Waals surface area contributed by atoms with Gasteiger partial charge in [0.25, 0.3) is 0 Å². The van der Waals surface area contributed by atoms with Crippen LogP contribution < -0.4 is 0 Å². The zero-order valence-corrected chi connectivity index (χ0v) is 16.2. The van der Waals surface area contributed by atoms with E-state index < -0.39 is 0 Å². The number of likely N-dealkylation sites (N-methyl/N-ethyl adjacent to an activating group) is 1. The van der Waals surface area contributed by atoms with Gasteiger partial charge < -0.3 is 4.57 Å². The molecule has 3 aromatic rings. The summed E-state index contributed by atoms with van der Waals surface area (Å²) in [5.74, 6) is 0. The van der Waals surface area contributed by atoms with Crippen molar-refractivity contribution in [3.05, 3.63) is 65.1 Å². The standard InChI is InChI=1S/C23H29N3/c1-4-18-6-7-22-20(15-18)21-16-25(5-2)17(3)14-23(21)26(22)13-10-19-8-11-24-12-9-19/h6-9,11-12,15,17H,4-5,10,13-14,16H2,1-3H3. The summed E-state index contributed by atoms with van der Waals surface area (Å²) in [6, 6.07) is 12.0. The minimum atomic E-state index is 0.613. The van der Waals surface area contributed by atoms with Crippen LogP contribution in [-0.4, -0.2) is 27.0 Å². The molecule has 136 valence electrons. The van der Waals surface area contributed by atoms with Gasteiger partial charge in [-0.2, -0.15) is 0 Å². The molecule has 3 heteroatoms. The highest BCUT2D eigenvalue weighted by atomic mass is 15.2. The molecular formula is C23H29N3. The number of benzene rings is 1. The summed E-state index contributed by atoms with van der Waals surface area (Å²) >= 11 is 0. The summed E-state index contributed by atoms with van der Waals surface area (Å²) in [5.41, 5.74) is 7.32. The molecule has 1 atom stereocenters. The summed E-state index contributed by atoms with van der Waals surface area (Å²) in [6.07, 6.45) is 7.09. The van der Waals surface area contributed by atoms with Crippen LogP contribution in [0.25, 0.3) is 10.9 Å². The highest BCUT2D eigenvalue weighted by molar-refractivity contribution is 5.86. The van der Waals surface area contributed by atoms with Crippen molar-refractivity contribution in [2.24, 2.45) is 0 Å². The molecule has 0 bridgehead atoms. The Morgan fingerprint density at radius 1 is 1.08 bits per heavy atom. The molecule has 1 aliphatic rings. The molecule has 0 saturated heterocycles. The first-order valence-electron chi connectivity index (χ1n) is 9.97. The highest BCUT2D eigenvalue weighted by Gasteiger charge is 2.27. The fourth-order valence-electron chi connectivity index (χ4n) is 4.39. The average molecular weight is 348 g/mol. The van der Waals surface area contributed by atoms with Crippen LogP contribution >= 0.6 is 0 Å². The normalized spacial score (nSPS) is 17.6. The van der Waals surface area contributed by atoms with Crippen molar-refractivity contribution >= 4 is 10.9 Å². The minimum absolute atomic E-state index is 0.613. The molecule has 3 nitrogen and oxygen atoms in total. The number of rotatable bonds is 5. The Balaban J connectivity index is 1.77. The number of nitrogens with zero attached hydrogens (tertiary/aromatic N) is 3. The first-order chi connectivity index (χ1) is 12.7. The number of fused-ring (bicyclic) bond motifs is 3. The van der Waals surface area contributed by atoms with Gasteiger partial charge in [0.1, 0.15) is 0 Å². The second kappa shape index (κ2) is 7.24. The van der Waals surface area contributed by atoms with E-state index in [1.54, 1.807) is 11.3 Å². The Hall–Kier alpha value is -2.13. The molecule has 4 rings (SSSR count). The Labute approximate surface area is 156 Å². The molecule has 0 radical (unpaired) electrons. The van der Waals surface area contributed by atoms with Gasteiger partial charge in [-0.25, -0.2) is 0 Å². The third-order valence-corrected chi connectivity index (χ3v) is 6.01. The lowest BCUT2D eigenvalue weighted by atomic mass is 9.98. The van der Waals surface area contributed by atoms with Gasteiger partial charge in [0, 0.05) is 54.5 Å². The molecule has 1 aliphatic heterocycles. The van der Waals surface area contributed by atoms with Crippen LogP contribution in [0.15, 0.2) is 42.7 Å². The van der Waals surface area contributed by atoms with E-state index in [0.717, 1.165) is 38.9 Å². The van der Waals surface area contributed by atoms with E-state index in [0.29, 0.717) is 6.04 Å². The van der Waals surface area contributed by atoms with Gasteiger partial charge in [0.05, 0.1) is 0 Å². The average Bonchev–Trinajstić information content (AvgIpc) is 2.98. The fraction of sp³-hybridized carbons (Fsp3) is 0.435. The number of hydrogen-bond donors (Lipinski definition) is 0. The van der Waals surface area contributed by atoms with E-state index in [1.165, 1.54) is 22.0 Å². The molecule has 0 aliphatic carbocycles. The van der Waals surface area contributed by atoms with Gasteiger partial charge >= 0.3 is 0 Å². The maximum absolute atomic E-state index is 4.14. The first kappa shape index (κ1) is 17.3. The third-order valence-electron chi connectivity index (χ3n) is 6.01. The number of aryl methyl sites for hydroxylation is 3. The van der Waals surface area contributed by atoms with Crippen molar-refractivity contribution in [1.29, 1.82) is 0 Å². The van der Waals surface area contributed by atoms with Crippen molar-refractivity contribution in [3.63, 3.8) is 0 Å². The molecule has 0 amide bonds. The SMILES string of the molecule is CCc1ccc2c(c1)c1c(n2CCc2ccncc2)CC(C)N(CC)C1. The molecule has 26 heavy (non-hydrogen) atoms. The van der Waals surface area contributed by atoms with Crippen molar-refractivity contribution in [2.45, 2.75) is 59.2 Å². The van der Waals surface area contributed by atoms with E-state index in [9.17, 15) is 0 Å². The Morgan fingerprint density at radius 3 is 2.62 bits per heavy atom. The second-order valence-electron chi connectivity index (χ2n) is 7.50. The van der Waals surface area contributed by atoms with E-state index in [1.807, 2.05) is 12.4 Å². The summed E-state index contributed by atoms with van der Waals surface area (Å²) < 4.78 is 2.59. The van der Waals surface area contributed by atoms with Gasteiger partial charge in [-0.1, -0.05) is 19.9 Å². The zero-order valence-electron chi connectivity index (χ0n) is 16.2. The summed E-state index contributed by atoms with van der Waals surface area (Å²) in [7, 11) is 0. The van der Waals surface area contributed by atoms with Gasteiger partial charge in [0.2, 0.25) is 0 Å². The Morgan fingerprint density at radius 2 is 1.88 bits per heavy atom. The third kappa shape index (κ3) is 3.05. The fourth-order valence-corrected chi connectivity index (χ4v) is 4.39. The largest absolute Gasteiger partial charge is 0.344 e. The molecule has 0 spiro atoms. The number of aromatic nitrogens is 2. The summed E-state index contributed by atoms with van der Waals surface area (Å²) in [5, 5.41) is 1.47. The van der Waals surface area contributed by atoms with E-state index in [4.69, 9.17) is 0 Å². The molecule has 2 aromatic heterocycles. The highest BCUT2D eigenvalue weighted by Crippen LogP contribution is 2.34. The number of pyridine rings is 1. The van der Waals surface area contributed by atoms with Crippen molar-refractivity contribution < 1.29 is 0 Å². The van der Waals surface area contributed by atoms with Crippen LogP contribution in [0.2, 0.25) is 0 Å². The van der Waals surface area contributed by atoms with Gasteiger partial charge in [0.15, 0.2) is 0 Å². The molecule has 1 aromatic carbocycles. The smallest absolute Gasteiger partial charge is 0.0486 e. The molecule has 3 heterocycles. The van der Waals surface area contributed by atoms with E-state index >= 15 is 0 Å². The predicted molar refractivity (Wildman–Crippen MR) is 109 cm³/mol. The van der Waals surface area contributed by atoms with Gasteiger partial charge in [-0.15, -0.1) is 0 Å². The number of hydrogen-bond acceptors (Lipinski definition) is 2. The molecular weight excluding hydrogens is 318 g/mol. The molecule has 0 saturated carbocycles. The quantitative estimate of drug-likeness (QED) is 0.672. The minimum Gasteiger partial charge on any atom is -0.344 e. The lowest BCUT2D eigenvalue weighted by molar-refractivity contribution is 0.192. The Bertz CT molecular complexity index is 895. The summed E-state index contributed by atoms with van der Waals surface area (Å²) in [4.78, 5) is 6.75. The lowest BCUT2D eigenvalue weighted by Crippen LogP contribution is -2.38. The maximum atomic E-state index is 4.14. The van der Waals surface area contributed by atoms with E-state index in [2.05, 4.69) is 65.6 Å². The van der Waals surface area contributed by atoms with Crippen molar-refractivity contribution in [1.82, 2.24) is 14.5 Å². The van der Waals surface area contributed by atoms with Crippen LogP contribution in [0.5, 0.6) is 0 Å². The van der Waals surface area contributed by atoms with Crippen LogP contribution in [0, 0.1) is 0 Å². The van der Waals surface area contributed by atoms with Crippen molar-refractivity contribution in [2.75, 3.05) is 6.54 Å². The maximum Gasteiger partial charge on any atom is 0.0486 e. The van der Waals surface area contributed by atoms with Crippen molar-refractivity contribution in [3.8, 4) is 0 Å². The van der Waals surface area contributed by atoms with Gasteiger partial charge in [-0.05, 0) is 67.3 Å². The monoisotopic (exact) mass is 347 g/mol. The zero-order chi connectivity index (χ0) is 18.1. The first-order valence-corrected chi connectivity index (χ1v) is 9.97. The van der Waals surface area contributed by atoms with Gasteiger partial charge in [-0.3, -0.25) is 9.88 Å². The topological polar surface area (TPSA) is 21.1 Å². The van der Waals surface area contributed by atoms with Crippen LogP contribution in [0.4, 0.5) is 0 Å². The predicted octanol–water partition coefficient (Wildman–Crippen LogP) is 4.61. The van der Waals surface area contributed by atoms with Crippen LogP contribution in [0.3, 0.4) is 0 Å².